The fourth-order valence-electron chi connectivity index (χ4n) is 4.10. The molecular weight excluding hydrogens is 519 g/mol. The molecule has 2 saturated heterocycles. The van der Waals surface area contributed by atoms with Crippen LogP contribution in [0.1, 0.15) is 64.2 Å². The highest BCUT2D eigenvalue weighted by molar-refractivity contribution is 8.77. The Morgan fingerprint density at radius 2 is 1.29 bits per heavy atom. The van der Waals surface area contributed by atoms with Gasteiger partial charge in [-0.15, -0.1) is 0 Å². The molecule has 2 fully saturated rings. The van der Waals surface area contributed by atoms with Gasteiger partial charge >= 0.3 is 11.9 Å². The Hall–Kier alpha value is -0.640. The number of rotatable bonds is 17. The molecule has 0 amide bonds. The number of hydrogen-bond acceptors (Lipinski definition) is 9. The van der Waals surface area contributed by atoms with Crippen LogP contribution in [0.2, 0.25) is 0 Å². The summed E-state index contributed by atoms with van der Waals surface area (Å²) in [5, 5.41) is 1.53. The highest BCUT2D eigenvalue weighted by Crippen LogP contribution is 2.40. The zero-order valence-corrected chi connectivity index (χ0v) is 23.8. The standard InChI is InChI=1S/C26H39NO4S4/c28-25(12-6-4-10-23-14-20-32-34-23)30-18-16-27(22-8-2-1-3-9-22)17-19-31-26(29)13-7-5-11-24-15-21-33-35-24/h1-3,8-9,23-24H,4-7,10-21H2. The lowest BCUT2D eigenvalue weighted by atomic mass is 10.1. The minimum Gasteiger partial charge on any atom is -0.464 e. The van der Waals surface area contributed by atoms with Crippen molar-refractivity contribution in [2.45, 2.75) is 74.7 Å². The molecule has 0 bridgehead atoms. The van der Waals surface area contributed by atoms with Gasteiger partial charge in [0.25, 0.3) is 0 Å². The lowest BCUT2D eigenvalue weighted by Gasteiger charge is -2.24. The monoisotopic (exact) mass is 557 g/mol. The third kappa shape index (κ3) is 12.4. The van der Waals surface area contributed by atoms with Gasteiger partial charge in [0.05, 0.1) is 13.1 Å². The van der Waals surface area contributed by atoms with Crippen molar-refractivity contribution in [3.05, 3.63) is 30.3 Å². The van der Waals surface area contributed by atoms with Crippen molar-refractivity contribution < 1.29 is 19.1 Å². The summed E-state index contributed by atoms with van der Waals surface area (Å²) in [6.45, 7) is 1.85. The number of esters is 2. The van der Waals surface area contributed by atoms with E-state index >= 15 is 0 Å². The minimum absolute atomic E-state index is 0.118. The SMILES string of the molecule is O=C(CCCCC1CCSS1)OCCN(CCOC(=O)CCCCC1CCSS1)c1ccccc1. The van der Waals surface area contributed by atoms with Gasteiger partial charge in [0.15, 0.2) is 0 Å². The molecule has 5 nitrogen and oxygen atoms in total. The topological polar surface area (TPSA) is 55.8 Å². The summed E-state index contributed by atoms with van der Waals surface area (Å²) in [4.78, 5) is 26.4. The first kappa shape index (κ1) is 28.9. The Labute approximate surface area is 226 Å². The number of nitrogens with zero attached hydrogens (tertiary/aromatic N) is 1. The van der Waals surface area contributed by atoms with Gasteiger partial charge in [0, 0.05) is 40.5 Å². The van der Waals surface area contributed by atoms with Crippen LogP contribution in [0, 0.1) is 0 Å². The van der Waals surface area contributed by atoms with Crippen molar-refractivity contribution in [3.8, 4) is 0 Å². The van der Waals surface area contributed by atoms with Gasteiger partial charge in [0.1, 0.15) is 13.2 Å². The van der Waals surface area contributed by atoms with E-state index in [1.807, 2.05) is 73.5 Å². The average molecular weight is 558 g/mol. The van der Waals surface area contributed by atoms with Crippen LogP contribution in [0.25, 0.3) is 0 Å². The Balaban J connectivity index is 1.27. The highest BCUT2D eigenvalue weighted by Gasteiger charge is 2.17. The van der Waals surface area contributed by atoms with Crippen LogP contribution in [0.15, 0.2) is 30.3 Å². The number of ether oxygens (including phenoxy) is 2. The summed E-state index contributed by atoms with van der Waals surface area (Å²) in [5.41, 5.74) is 1.04. The molecule has 2 unspecified atom stereocenters. The Bertz CT molecular complexity index is 685. The molecule has 0 spiro atoms. The number of carbonyl (C=O) groups excluding carboxylic acids is 2. The van der Waals surface area contributed by atoms with Crippen molar-refractivity contribution in [1.82, 2.24) is 0 Å². The number of carbonyl (C=O) groups is 2. The first-order chi connectivity index (χ1) is 17.2. The normalized spacial score (nSPS) is 19.5. The van der Waals surface area contributed by atoms with E-state index in [9.17, 15) is 9.59 Å². The molecule has 2 heterocycles. The molecule has 0 saturated carbocycles. The van der Waals surface area contributed by atoms with Gasteiger partial charge < -0.3 is 14.4 Å². The fraction of sp³-hybridized carbons (Fsp3) is 0.692. The van der Waals surface area contributed by atoms with Crippen molar-refractivity contribution in [2.24, 2.45) is 0 Å². The second-order valence-electron chi connectivity index (χ2n) is 8.91. The molecule has 2 atom stereocenters. The van der Waals surface area contributed by atoms with Gasteiger partial charge in [-0.05, 0) is 50.7 Å². The number of hydrogen-bond donors (Lipinski definition) is 0. The second-order valence-corrected chi connectivity index (χ2v) is 14.5. The molecule has 196 valence electrons. The van der Waals surface area contributed by atoms with Crippen molar-refractivity contribution in [3.63, 3.8) is 0 Å². The molecule has 0 radical (unpaired) electrons. The Morgan fingerprint density at radius 1 is 0.771 bits per heavy atom. The van der Waals surface area contributed by atoms with E-state index in [4.69, 9.17) is 9.47 Å². The first-order valence-electron chi connectivity index (χ1n) is 12.9. The van der Waals surface area contributed by atoms with E-state index in [0.29, 0.717) is 39.1 Å². The average Bonchev–Trinajstić information content (AvgIpc) is 3.59. The predicted octanol–water partition coefficient (Wildman–Crippen LogP) is 7.01. The van der Waals surface area contributed by atoms with E-state index < -0.39 is 0 Å². The van der Waals surface area contributed by atoms with Gasteiger partial charge in [-0.1, -0.05) is 74.2 Å². The van der Waals surface area contributed by atoms with E-state index in [-0.39, 0.29) is 11.9 Å². The maximum Gasteiger partial charge on any atom is 0.305 e. The molecule has 2 aliphatic rings. The third-order valence-corrected chi connectivity index (χ3v) is 12.2. The second kappa shape index (κ2) is 17.8. The number of anilines is 1. The summed E-state index contributed by atoms with van der Waals surface area (Å²) in [6, 6.07) is 10.0. The molecule has 0 aromatic heterocycles. The number of benzene rings is 1. The van der Waals surface area contributed by atoms with Crippen molar-refractivity contribution in [1.29, 1.82) is 0 Å². The molecule has 1 aromatic rings. The zero-order valence-electron chi connectivity index (χ0n) is 20.6. The van der Waals surface area contributed by atoms with Crippen LogP contribution in [-0.2, 0) is 19.1 Å². The van der Waals surface area contributed by atoms with Crippen LogP contribution in [0.4, 0.5) is 5.69 Å². The summed E-state index contributed by atoms with van der Waals surface area (Å²) in [6.07, 6.45) is 9.95. The first-order valence-corrected chi connectivity index (χ1v) is 17.6. The van der Waals surface area contributed by atoms with Crippen LogP contribution in [0.3, 0.4) is 0 Å². The molecule has 1 aromatic carbocycles. The summed E-state index contributed by atoms with van der Waals surface area (Å²) in [7, 11) is 7.92. The van der Waals surface area contributed by atoms with Gasteiger partial charge in [-0.2, -0.15) is 0 Å². The lowest BCUT2D eigenvalue weighted by molar-refractivity contribution is -0.143. The third-order valence-electron chi connectivity index (χ3n) is 6.14. The van der Waals surface area contributed by atoms with Gasteiger partial charge in [-0.3, -0.25) is 9.59 Å². The van der Waals surface area contributed by atoms with E-state index in [1.165, 1.54) is 37.2 Å². The van der Waals surface area contributed by atoms with Crippen LogP contribution >= 0.6 is 43.2 Å². The van der Waals surface area contributed by atoms with Crippen LogP contribution < -0.4 is 4.90 Å². The molecule has 9 heteroatoms. The van der Waals surface area contributed by atoms with E-state index in [0.717, 1.165) is 41.9 Å². The van der Waals surface area contributed by atoms with Gasteiger partial charge in [-0.25, -0.2) is 0 Å². The number of para-hydroxylation sites is 1. The largest absolute Gasteiger partial charge is 0.464 e. The molecular formula is C26H39NO4S4. The minimum atomic E-state index is -0.118. The number of unbranched alkanes of at least 4 members (excludes halogenated alkanes) is 2. The smallest absolute Gasteiger partial charge is 0.305 e. The summed E-state index contributed by atoms with van der Waals surface area (Å²) < 4.78 is 11.0. The highest BCUT2D eigenvalue weighted by atomic mass is 33.1. The maximum absolute atomic E-state index is 12.1. The summed E-state index contributed by atoms with van der Waals surface area (Å²) in [5.74, 6) is 2.28. The molecule has 0 aliphatic carbocycles. The Kier molecular flexibility index (Phi) is 14.7. The summed E-state index contributed by atoms with van der Waals surface area (Å²) >= 11 is 0. The van der Waals surface area contributed by atoms with E-state index in [1.54, 1.807) is 0 Å². The molecule has 3 rings (SSSR count). The molecule has 2 aliphatic heterocycles. The lowest BCUT2D eigenvalue weighted by Crippen LogP contribution is -2.32. The Morgan fingerprint density at radius 3 is 1.74 bits per heavy atom. The quantitative estimate of drug-likeness (QED) is 0.114. The zero-order chi connectivity index (χ0) is 24.6. The fourth-order valence-corrected chi connectivity index (χ4v) is 10.2. The maximum atomic E-state index is 12.1. The molecule has 35 heavy (non-hydrogen) atoms. The van der Waals surface area contributed by atoms with E-state index in [2.05, 4.69) is 4.90 Å². The van der Waals surface area contributed by atoms with Crippen LogP contribution in [0.5, 0.6) is 0 Å². The van der Waals surface area contributed by atoms with Gasteiger partial charge in [0.2, 0.25) is 0 Å². The van der Waals surface area contributed by atoms with Crippen molar-refractivity contribution >= 4 is 60.8 Å². The molecule has 0 N–H and O–H groups in total. The van der Waals surface area contributed by atoms with Crippen LogP contribution in [-0.4, -0.2) is 60.2 Å². The van der Waals surface area contributed by atoms with Crippen molar-refractivity contribution in [2.75, 3.05) is 42.7 Å². The predicted molar refractivity (Wildman–Crippen MR) is 154 cm³/mol.